The number of hydrogen-bond acceptors (Lipinski definition) is 4. The van der Waals surface area contributed by atoms with E-state index in [-0.39, 0.29) is 6.42 Å². The van der Waals surface area contributed by atoms with Gasteiger partial charge in [0.15, 0.2) is 0 Å². The lowest BCUT2D eigenvalue weighted by Crippen LogP contribution is -2.28. The molecule has 1 atom stereocenters. The molecule has 1 unspecified atom stereocenters. The van der Waals surface area contributed by atoms with Gasteiger partial charge in [0, 0.05) is 25.9 Å². The van der Waals surface area contributed by atoms with Crippen LogP contribution < -0.4 is 5.73 Å². The third kappa shape index (κ3) is 5.24. The first-order chi connectivity index (χ1) is 7.32. The van der Waals surface area contributed by atoms with Crippen molar-refractivity contribution in [1.82, 2.24) is 9.55 Å². The predicted octanol–water partition coefficient (Wildman–Crippen LogP) is 0.552. The Morgan fingerprint density at radius 2 is 2.12 bits per heavy atom. The second kappa shape index (κ2) is 6.62. The van der Waals surface area contributed by atoms with Crippen molar-refractivity contribution in [2.45, 2.75) is 32.1 Å². The van der Waals surface area contributed by atoms with Gasteiger partial charge in [-0.1, -0.05) is 13.8 Å². The van der Waals surface area contributed by atoms with Crippen molar-refractivity contribution >= 4 is 10.1 Å². The van der Waals surface area contributed by atoms with Gasteiger partial charge in [0.2, 0.25) is 0 Å². The molecule has 0 amide bonds. The van der Waals surface area contributed by atoms with E-state index < -0.39 is 15.5 Å². The third-order valence-electron chi connectivity index (χ3n) is 2.02. The van der Waals surface area contributed by atoms with Crippen molar-refractivity contribution in [3.8, 4) is 0 Å². The molecule has 0 radical (unpaired) electrons. The van der Waals surface area contributed by atoms with Gasteiger partial charge in [-0.3, -0.25) is 4.55 Å². The Morgan fingerprint density at radius 1 is 1.56 bits per heavy atom. The van der Waals surface area contributed by atoms with Crippen LogP contribution >= 0.6 is 0 Å². The Labute approximate surface area is 96.2 Å². The first-order valence-corrected chi connectivity index (χ1v) is 6.51. The number of hydrogen-bond donors (Lipinski definition) is 2. The minimum atomic E-state index is -3.98. The van der Waals surface area contributed by atoms with Gasteiger partial charge >= 0.3 is 0 Å². The smallest absolute Gasteiger partial charge is 0.280 e. The molecule has 0 aliphatic carbocycles. The van der Waals surface area contributed by atoms with Crippen molar-refractivity contribution in [3.63, 3.8) is 0 Å². The maximum absolute atomic E-state index is 9.99. The van der Waals surface area contributed by atoms with Crippen molar-refractivity contribution in [2.24, 2.45) is 12.8 Å². The summed E-state index contributed by atoms with van der Waals surface area (Å²) in [6, 6.07) is 0. The largest absolute Gasteiger partial charge is 0.338 e. The molecule has 94 valence electrons. The average Bonchev–Trinajstić information content (AvgIpc) is 2.62. The number of aryl methyl sites for hydroxylation is 2. The highest BCUT2D eigenvalue weighted by Gasteiger charge is 2.13. The summed E-state index contributed by atoms with van der Waals surface area (Å²) in [6.07, 6.45) is 5.03. The normalized spacial score (nSPS) is 12.8. The third-order valence-corrected chi connectivity index (χ3v) is 3.12. The number of nitrogens with two attached hydrogens (primary N) is 1. The van der Waals surface area contributed by atoms with Gasteiger partial charge in [-0.05, 0) is 6.42 Å². The van der Waals surface area contributed by atoms with E-state index in [4.69, 9.17) is 10.3 Å². The van der Waals surface area contributed by atoms with Crippen LogP contribution in [-0.2, 0) is 23.6 Å². The van der Waals surface area contributed by atoms with Gasteiger partial charge in [0.05, 0.1) is 0 Å². The monoisotopic (exact) mass is 249 g/mol. The summed E-state index contributed by atoms with van der Waals surface area (Å²) in [6.45, 7) is 3.68. The summed E-state index contributed by atoms with van der Waals surface area (Å²) in [7, 11) is -1.97. The van der Waals surface area contributed by atoms with E-state index in [1.165, 1.54) is 0 Å². The van der Waals surface area contributed by atoms with Gasteiger partial charge in [-0.25, -0.2) is 4.98 Å². The molecule has 0 aliphatic rings. The fraction of sp³-hybridized carbons (Fsp3) is 0.667. The Bertz CT molecular complexity index is 400. The minimum Gasteiger partial charge on any atom is -0.338 e. The fourth-order valence-corrected chi connectivity index (χ4v) is 1.37. The van der Waals surface area contributed by atoms with Crippen LogP contribution in [0.3, 0.4) is 0 Å². The fourth-order valence-electron chi connectivity index (χ4n) is 0.948. The number of aromatic nitrogens is 2. The Morgan fingerprint density at radius 3 is 2.25 bits per heavy atom. The van der Waals surface area contributed by atoms with Crippen LogP contribution in [0.2, 0.25) is 0 Å². The van der Waals surface area contributed by atoms with Gasteiger partial charge in [0.25, 0.3) is 10.1 Å². The zero-order valence-electron chi connectivity index (χ0n) is 9.79. The highest BCUT2D eigenvalue weighted by Crippen LogP contribution is 1.93. The lowest BCUT2D eigenvalue weighted by atomic mass is 10.5. The van der Waals surface area contributed by atoms with E-state index in [1.54, 1.807) is 6.92 Å². The second-order valence-electron chi connectivity index (χ2n) is 3.27. The van der Waals surface area contributed by atoms with Crippen molar-refractivity contribution in [2.75, 3.05) is 0 Å². The van der Waals surface area contributed by atoms with Crippen LogP contribution in [0.15, 0.2) is 12.4 Å². The van der Waals surface area contributed by atoms with Gasteiger partial charge in [-0.15, -0.1) is 0 Å². The van der Waals surface area contributed by atoms with E-state index >= 15 is 0 Å². The molecule has 6 nitrogen and oxygen atoms in total. The Balaban J connectivity index is 0.000000281. The maximum Gasteiger partial charge on any atom is 0.280 e. The number of imidazole rings is 1. The second-order valence-corrected chi connectivity index (χ2v) is 4.91. The molecule has 0 saturated heterocycles. The number of rotatable bonds is 3. The lowest BCUT2D eigenvalue weighted by Gasteiger charge is -2.01. The van der Waals surface area contributed by atoms with E-state index in [0.29, 0.717) is 0 Å². The molecule has 0 saturated carbocycles. The topological polar surface area (TPSA) is 98.2 Å². The van der Waals surface area contributed by atoms with E-state index in [9.17, 15) is 8.42 Å². The van der Waals surface area contributed by atoms with E-state index in [2.05, 4.69) is 11.9 Å². The highest BCUT2D eigenvalue weighted by atomic mass is 32.2. The van der Waals surface area contributed by atoms with Crippen molar-refractivity contribution < 1.29 is 13.0 Å². The summed E-state index contributed by atoms with van der Waals surface area (Å²) in [5.41, 5.74) is 4.91. The predicted molar refractivity (Wildman–Crippen MR) is 62.4 cm³/mol. The van der Waals surface area contributed by atoms with Gasteiger partial charge in [0.1, 0.15) is 11.2 Å². The molecule has 0 bridgehead atoms. The van der Waals surface area contributed by atoms with Gasteiger partial charge in [-0.2, -0.15) is 8.42 Å². The van der Waals surface area contributed by atoms with Crippen LogP contribution in [0.25, 0.3) is 0 Å². The molecule has 1 rings (SSSR count). The Hall–Kier alpha value is -0.920. The molecule has 0 fully saturated rings. The summed E-state index contributed by atoms with van der Waals surface area (Å²) in [4.78, 5) is 4.10. The highest BCUT2D eigenvalue weighted by molar-refractivity contribution is 7.86. The molecule has 7 heteroatoms. The lowest BCUT2D eigenvalue weighted by molar-refractivity contribution is 0.466. The average molecular weight is 249 g/mol. The zero-order valence-corrected chi connectivity index (χ0v) is 10.6. The van der Waals surface area contributed by atoms with Crippen LogP contribution in [0.4, 0.5) is 0 Å². The summed E-state index contributed by atoms with van der Waals surface area (Å²) >= 11 is 0. The maximum atomic E-state index is 9.99. The number of nitrogens with zero attached hydrogens (tertiary/aromatic N) is 2. The first kappa shape index (κ1) is 15.1. The molecular weight excluding hydrogens is 230 g/mol. The molecule has 1 aromatic rings. The van der Waals surface area contributed by atoms with Gasteiger partial charge < -0.3 is 10.3 Å². The molecule has 0 aliphatic heterocycles. The minimum absolute atomic E-state index is 0.235. The van der Waals surface area contributed by atoms with Crippen molar-refractivity contribution in [3.05, 3.63) is 18.2 Å². The van der Waals surface area contributed by atoms with Crippen molar-refractivity contribution in [1.29, 1.82) is 0 Å². The van der Waals surface area contributed by atoms with Crippen LogP contribution in [0.1, 0.15) is 26.1 Å². The summed E-state index contributed by atoms with van der Waals surface area (Å²) in [5.74, 6) is 1.14. The zero-order chi connectivity index (χ0) is 12.8. The van der Waals surface area contributed by atoms with E-state index in [0.717, 1.165) is 12.2 Å². The molecular formula is C9H19N3O3S. The Kier molecular flexibility index (Phi) is 6.24. The molecule has 16 heavy (non-hydrogen) atoms. The van der Waals surface area contributed by atoms with E-state index in [1.807, 2.05) is 24.0 Å². The summed E-state index contributed by atoms with van der Waals surface area (Å²) in [5, 5.41) is -1.12. The molecule has 1 heterocycles. The molecule has 0 aromatic carbocycles. The van der Waals surface area contributed by atoms with Crippen LogP contribution in [-0.4, -0.2) is 27.9 Å². The molecule has 1 aromatic heterocycles. The van der Waals surface area contributed by atoms with Crippen LogP contribution in [0.5, 0.6) is 0 Å². The summed E-state index contributed by atoms with van der Waals surface area (Å²) < 4.78 is 30.1. The molecule has 3 N–H and O–H groups in total. The first-order valence-electron chi connectivity index (χ1n) is 5.01. The SMILES string of the molecule is CCC(N)S(=O)(=O)O.CCc1nccn1C. The standard InChI is InChI=1S/C6H10N2.C3H9NO3S/c1-3-6-7-4-5-8(6)2;1-2-3(4)8(5,6)7/h4-5H,3H2,1-2H3;3H,2,4H2,1H3,(H,5,6,7). The quantitative estimate of drug-likeness (QED) is 0.762. The molecule has 0 spiro atoms. The van der Waals surface area contributed by atoms with Crippen LogP contribution in [0, 0.1) is 0 Å².